The molecule has 0 spiro atoms. The van der Waals surface area contributed by atoms with Crippen LogP contribution in [-0.4, -0.2) is 138 Å². The Balaban J connectivity index is 0.687. The molecule has 62 heavy (non-hydrogen) atoms. The van der Waals surface area contributed by atoms with Crippen LogP contribution in [0.15, 0.2) is 59.7 Å². The van der Waals surface area contributed by atoms with Gasteiger partial charge in [0, 0.05) is 88.7 Å². The molecule has 16 heteroatoms. The number of H-pyrrole nitrogens is 1. The molecule has 5 aromatic rings. The van der Waals surface area contributed by atoms with E-state index in [4.69, 9.17) is 18.9 Å². The van der Waals surface area contributed by atoms with Gasteiger partial charge in [0.2, 0.25) is 17.8 Å². The number of aryl methyl sites for hydroxylation is 2. The van der Waals surface area contributed by atoms with Crippen molar-refractivity contribution in [3.63, 3.8) is 0 Å². The molecule has 334 valence electrons. The molecule has 3 aromatic heterocycles. The Labute approximate surface area is 363 Å². The number of nitrogens with zero attached hydrogens (tertiary/aromatic N) is 6. The maximum atomic E-state index is 13.0. The number of hydrogen-bond donors (Lipinski definition) is 3. The number of nitrogens with one attached hydrogen (secondary N) is 3. The van der Waals surface area contributed by atoms with Gasteiger partial charge >= 0.3 is 5.69 Å². The quantitative estimate of drug-likeness (QED) is 0.0571. The molecular weight excluding hydrogens is 791 g/mol. The van der Waals surface area contributed by atoms with E-state index in [0.29, 0.717) is 76.8 Å². The number of hydrogen-bond acceptors (Lipinski definition) is 12. The second-order valence-corrected chi connectivity index (χ2v) is 16.2. The number of aromatic nitrogens is 5. The molecule has 5 heterocycles. The van der Waals surface area contributed by atoms with Crippen LogP contribution in [0, 0.1) is 0 Å². The maximum Gasteiger partial charge on any atom is 0.329 e. The van der Waals surface area contributed by atoms with Crippen LogP contribution < -0.4 is 16.3 Å². The molecule has 0 saturated carbocycles. The van der Waals surface area contributed by atoms with Crippen LogP contribution in [0.1, 0.15) is 69.2 Å². The van der Waals surface area contributed by atoms with E-state index >= 15 is 0 Å². The van der Waals surface area contributed by atoms with Gasteiger partial charge in [0.15, 0.2) is 0 Å². The van der Waals surface area contributed by atoms with Gasteiger partial charge < -0.3 is 29.2 Å². The molecule has 2 aromatic carbocycles. The summed E-state index contributed by atoms with van der Waals surface area (Å²) in [5.74, 6) is -0.0670. The Hall–Kier alpha value is -4.97. The third-order valence-corrected chi connectivity index (χ3v) is 12.0. The SMILES string of the molecule is CCCCNc1ncc2c(-c3ccc(C(C)N4CCN(CCOCCOCCOCCOCCCc5ccc6c(c5)n(C)c(=O)n6C5CCC(=O)NC5=O)CC4)cc3)c[nH]c2n1. The number of benzene rings is 2. The largest absolute Gasteiger partial charge is 0.379 e. The molecule has 0 radical (unpaired) electrons. The molecule has 0 bridgehead atoms. The summed E-state index contributed by atoms with van der Waals surface area (Å²) in [5, 5.41) is 6.68. The minimum absolute atomic E-state index is 0.218. The van der Waals surface area contributed by atoms with Crippen LogP contribution in [0.5, 0.6) is 0 Å². The number of aromatic amines is 1. The number of imide groups is 1. The normalized spacial score (nSPS) is 17.0. The predicted octanol–water partition coefficient (Wildman–Crippen LogP) is 4.85. The number of fused-ring (bicyclic) bond motifs is 2. The van der Waals surface area contributed by atoms with E-state index in [0.717, 1.165) is 98.2 Å². The Morgan fingerprint density at radius 3 is 2.27 bits per heavy atom. The first-order chi connectivity index (χ1) is 30.3. The topological polar surface area (TPSA) is 170 Å². The highest BCUT2D eigenvalue weighted by molar-refractivity contribution is 6.00. The zero-order chi connectivity index (χ0) is 43.3. The lowest BCUT2D eigenvalue weighted by atomic mass is 10.0. The Morgan fingerprint density at radius 1 is 0.855 bits per heavy atom. The van der Waals surface area contributed by atoms with Gasteiger partial charge in [-0.25, -0.2) is 9.78 Å². The van der Waals surface area contributed by atoms with Gasteiger partial charge in [-0.05, 0) is 61.4 Å². The van der Waals surface area contributed by atoms with Crippen molar-refractivity contribution < 1.29 is 28.5 Å². The summed E-state index contributed by atoms with van der Waals surface area (Å²) >= 11 is 0. The highest BCUT2D eigenvalue weighted by atomic mass is 16.6. The average molecular weight is 854 g/mol. The standard InChI is InChI=1S/C46H63N9O7/c1-4-5-16-47-45-49-32-38-37(31-48-43(38)51-45)36-11-9-35(10-12-36)33(2)54-19-17-53(18-20-54)21-23-60-25-27-62-29-28-61-26-24-59-22-6-7-34-8-13-39-41(30-34)52(3)46(58)55(39)40-14-15-42(56)50-44(40)57/h8-13,30-33,40H,4-7,14-29H2,1-3H3,(H,50,56,57)(H2,47,48,49,51). The molecule has 2 aliphatic heterocycles. The first-order valence-corrected chi connectivity index (χ1v) is 22.3. The van der Waals surface area contributed by atoms with Crippen molar-refractivity contribution in [2.45, 2.75) is 64.5 Å². The number of anilines is 1. The number of rotatable bonds is 24. The van der Waals surface area contributed by atoms with Crippen LogP contribution in [0.2, 0.25) is 0 Å². The number of imidazole rings is 1. The van der Waals surface area contributed by atoms with Crippen molar-refractivity contribution >= 4 is 39.8 Å². The average Bonchev–Trinajstić information content (AvgIpc) is 3.82. The number of unbranched alkanes of at least 4 members (excludes halogenated alkanes) is 1. The lowest BCUT2D eigenvalue weighted by Gasteiger charge is -2.38. The summed E-state index contributed by atoms with van der Waals surface area (Å²) in [5.41, 5.74) is 6.72. The van der Waals surface area contributed by atoms with E-state index in [9.17, 15) is 14.4 Å². The number of carbonyl (C=O) groups is 2. The predicted molar refractivity (Wildman–Crippen MR) is 239 cm³/mol. The molecule has 16 nitrogen and oxygen atoms in total. The van der Waals surface area contributed by atoms with Crippen molar-refractivity contribution in [2.75, 3.05) is 97.4 Å². The molecule has 7 rings (SSSR count). The number of carbonyl (C=O) groups excluding carboxylic acids is 2. The van der Waals surface area contributed by atoms with Crippen LogP contribution in [0.4, 0.5) is 5.95 Å². The van der Waals surface area contributed by atoms with E-state index in [1.54, 1.807) is 11.6 Å². The lowest BCUT2D eigenvalue weighted by molar-refractivity contribution is -0.135. The first-order valence-electron chi connectivity index (χ1n) is 22.3. The lowest BCUT2D eigenvalue weighted by Crippen LogP contribution is -2.47. The van der Waals surface area contributed by atoms with Crippen molar-refractivity contribution in [3.05, 3.63) is 76.5 Å². The third kappa shape index (κ3) is 11.5. The van der Waals surface area contributed by atoms with Crippen molar-refractivity contribution in [2.24, 2.45) is 7.05 Å². The highest BCUT2D eigenvalue weighted by Gasteiger charge is 2.31. The number of piperidine rings is 1. The second kappa shape index (κ2) is 22.4. The van der Waals surface area contributed by atoms with Crippen LogP contribution in [0.25, 0.3) is 33.2 Å². The van der Waals surface area contributed by atoms with Crippen LogP contribution in [0.3, 0.4) is 0 Å². The van der Waals surface area contributed by atoms with Gasteiger partial charge in [-0.1, -0.05) is 43.7 Å². The van der Waals surface area contributed by atoms with Crippen LogP contribution >= 0.6 is 0 Å². The van der Waals surface area contributed by atoms with Crippen molar-refractivity contribution in [1.29, 1.82) is 0 Å². The minimum atomic E-state index is -0.685. The third-order valence-electron chi connectivity index (χ3n) is 12.0. The Bertz CT molecular complexity index is 2280. The van der Waals surface area contributed by atoms with Crippen molar-refractivity contribution in [1.82, 2.24) is 39.2 Å². The van der Waals surface area contributed by atoms with Gasteiger partial charge in [0.1, 0.15) is 11.7 Å². The van der Waals surface area contributed by atoms with Gasteiger partial charge in [0.25, 0.3) is 0 Å². The molecule has 2 saturated heterocycles. The molecule has 3 N–H and O–H groups in total. The second-order valence-electron chi connectivity index (χ2n) is 16.2. The molecular formula is C46H63N9O7. The first kappa shape index (κ1) is 45.1. The fraction of sp³-hybridized carbons (Fsp3) is 0.543. The molecule has 2 fully saturated rings. The smallest absolute Gasteiger partial charge is 0.329 e. The van der Waals surface area contributed by atoms with Gasteiger partial charge in [-0.2, -0.15) is 4.98 Å². The molecule has 0 aliphatic carbocycles. The Morgan fingerprint density at radius 2 is 1.56 bits per heavy atom. The van der Waals surface area contributed by atoms with E-state index < -0.39 is 11.9 Å². The van der Waals surface area contributed by atoms with Gasteiger partial charge in [-0.3, -0.25) is 33.8 Å². The van der Waals surface area contributed by atoms with Gasteiger partial charge in [-0.15, -0.1) is 0 Å². The summed E-state index contributed by atoms with van der Waals surface area (Å²) in [6.45, 7) is 14.8. The summed E-state index contributed by atoms with van der Waals surface area (Å²) in [6.07, 6.45) is 8.31. The van der Waals surface area contributed by atoms with Crippen LogP contribution in [-0.2, 0) is 42.0 Å². The highest BCUT2D eigenvalue weighted by Crippen LogP contribution is 2.30. The molecule has 2 amide bonds. The summed E-state index contributed by atoms with van der Waals surface area (Å²) in [4.78, 5) is 54.6. The number of amides is 2. The van der Waals surface area contributed by atoms with Crippen molar-refractivity contribution in [3.8, 4) is 11.1 Å². The fourth-order valence-electron chi connectivity index (χ4n) is 8.26. The Kier molecular flexibility index (Phi) is 16.3. The molecule has 2 aliphatic rings. The summed E-state index contributed by atoms with van der Waals surface area (Å²) in [7, 11) is 1.71. The summed E-state index contributed by atoms with van der Waals surface area (Å²) in [6, 6.07) is 14.4. The minimum Gasteiger partial charge on any atom is -0.379 e. The van der Waals surface area contributed by atoms with E-state index in [1.807, 2.05) is 30.6 Å². The molecule has 2 atom stereocenters. The van der Waals surface area contributed by atoms with E-state index in [2.05, 4.69) is 73.5 Å². The number of ether oxygens (including phenoxy) is 4. The number of piperazine rings is 1. The zero-order valence-electron chi connectivity index (χ0n) is 36.5. The molecule has 2 unspecified atom stereocenters. The zero-order valence-corrected chi connectivity index (χ0v) is 36.5. The monoisotopic (exact) mass is 853 g/mol. The van der Waals surface area contributed by atoms with Gasteiger partial charge in [0.05, 0.1) is 57.3 Å². The maximum absolute atomic E-state index is 13.0. The van der Waals surface area contributed by atoms with E-state index in [-0.39, 0.29) is 18.0 Å². The van der Waals surface area contributed by atoms with E-state index in [1.165, 1.54) is 10.1 Å². The fourth-order valence-corrected chi connectivity index (χ4v) is 8.26. The summed E-state index contributed by atoms with van der Waals surface area (Å²) < 4.78 is 26.0.